The summed E-state index contributed by atoms with van der Waals surface area (Å²) in [6.45, 7) is 2.29. The van der Waals surface area contributed by atoms with Crippen molar-refractivity contribution in [2.45, 2.75) is 13.3 Å². The summed E-state index contributed by atoms with van der Waals surface area (Å²) in [5.74, 6) is 0.429. The van der Waals surface area contributed by atoms with Crippen LogP contribution in [0.25, 0.3) is 11.0 Å². The first-order valence-electron chi connectivity index (χ1n) is 8.88. The zero-order valence-electron chi connectivity index (χ0n) is 15.6. The number of hydrogen-bond donors (Lipinski definition) is 1. The average molecular weight is 400 g/mol. The van der Waals surface area contributed by atoms with Crippen molar-refractivity contribution in [3.05, 3.63) is 53.8 Å². The highest BCUT2D eigenvalue weighted by Gasteiger charge is 2.28. The van der Waals surface area contributed by atoms with E-state index in [1.165, 1.54) is 11.4 Å². The Morgan fingerprint density at radius 1 is 1.21 bits per heavy atom. The van der Waals surface area contributed by atoms with Gasteiger partial charge in [0.25, 0.3) is 5.91 Å². The lowest BCUT2D eigenvalue weighted by atomic mass is 10.1. The summed E-state index contributed by atoms with van der Waals surface area (Å²) in [5, 5.41) is 3.58. The zero-order chi connectivity index (χ0) is 19.9. The molecule has 0 saturated carbocycles. The van der Waals surface area contributed by atoms with Crippen LogP contribution in [0.5, 0.6) is 5.75 Å². The van der Waals surface area contributed by atoms with Crippen molar-refractivity contribution in [1.82, 2.24) is 0 Å². The number of ether oxygens (including phenoxy) is 1. The molecular weight excluding hydrogens is 380 g/mol. The van der Waals surface area contributed by atoms with Crippen molar-refractivity contribution in [3.63, 3.8) is 0 Å². The molecule has 0 spiro atoms. The van der Waals surface area contributed by atoms with Gasteiger partial charge in [-0.05, 0) is 43.2 Å². The van der Waals surface area contributed by atoms with Gasteiger partial charge in [0.05, 0.1) is 18.6 Å². The molecule has 4 rings (SSSR count). The van der Waals surface area contributed by atoms with Crippen molar-refractivity contribution < 1.29 is 22.4 Å². The number of nitrogens with one attached hydrogen (secondary N) is 1. The summed E-state index contributed by atoms with van der Waals surface area (Å²) in [5.41, 5.74) is 2.41. The molecule has 2 aromatic carbocycles. The van der Waals surface area contributed by atoms with Crippen molar-refractivity contribution in [3.8, 4) is 5.75 Å². The van der Waals surface area contributed by atoms with E-state index >= 15 is 0 Å². The Morgan fingerprint density at radius 2 is 2.04 bits per heavy atom. The molecule has 1 N–H and O–H groups in total. The van der Waals surface area contributed by atoms with Crippen LogP contribution in [-0.2, 0) is 10.0 Å². The second-order valence-electron chi connectivity index (χ2n) is 6.68. The fourth-order valence-electron chi connectivity index (χ4n) is 3.32. The Kier molecular flexibility index (Phi) is 4.50. The average Bonchev–Trinajstić information content (AvgIpc) is 3.26. The standard InChI is InChI=1S/C20H20N2O5S/c1-13-7-8-15(22-9-4-10-28(22,24)25)12-16(13)21-20(23)18-11-14-5-3-6-17(26-2)19(14)27-18/h3,5-8,11-12H,4,9-10H2,1-2H3,(H,21,23). The van der Waals surface area contributed by atoms with Crippen molar-refractivity contribution >= 4 is 38.3 Å². The van der Waals surface area contributed by atoms with E-state index in [9.17, 15) is 13.2 Å². The summed E-state index contributed by atoms with van der Waals surface area (Å²) in [4.78, 5) is 12.7. The Bertz CT molecular complexity index is 1170. The van der Waals surface area contributed by atoms with Gasteiger partial charge >= 0.3 is 0 Å². The van der Waals surface area contributed by atoms with Gasteiger partial charge in [0, 0.05) is 17.6 Å². The predicted octanol–water partition coefficient (Wildman–Crippen LogP) is 3.54. The lowest BCUT2D eigenvalue weighted by molar-refractivity contribution is 0.0998. The van der Waals surface area contributed by atoms with Gasteiger partial charge in [-0.3, -0.25) is 9.10 Å². The molecule has 1 aliphatic heterocycles. The number of hydrogen-bond acceptors (Lipinski definition) is 5. The first kappa shape index (κ1) is 18.4. The third kappa shape index (κ3) is 3.20. The fraction of sp³-hybridized carbons (Fsp3) is 0.250. The topological polar surface area (TPSA) is 88.9 Å². The molecule has 0 bridgehead atoms. The van der Waals surface area contributed by atoms with Crippen LogP contribution in [0.1, 0.15) is 22.5 Å². The number of aryl methyl sites for hydroxylation is 1. The number of rotatable bonds is 4. The van der Waals surface area contributed by atoms with E-state index in [1.807, 2.05) is 19.1 Å². The second kappa shape index (κ2) is 6.87. The molecule has 7 nitrogen and oxygen atoms in total. The predicted molar refractivity (Wildman–Crippen MR) is 108 cm³/mol. The summed E-state index contributed by atoms with van der Waals surface area (Å²) in [6, 6.07) is 12.3. The molecule has 3 aromatic rings. The number of benzene rings is 2. The Hall–Kier alpha value is -3.00. The number of anilines is 2. The highest BCUT2D eigenvalue weighted by atomic mass is 32.2. The molecule has 2 heterocycles. The molecule has 0 radical (unpaired) electrons. The number of carbonyl (C=O) groups excluding carboxylic acids is 1. The Balaban J connectivity index is 1.64. The minimum atomic E-state index is -3.29. The smallest absolute Gasteiger partial charge is 0.291 e. The number of carbonyl (C=O) groups is 1. The largest absolute Gasteiger partial charge is 0.493 e. The van der Waals surface area contributed by atoms with Gasteiger partial charge in [-0.2, -0.15) is 0 Å². The first-order chi connectivity index (χ1) is 13.4. The van der Waals surface area contributed by atoms with E-state index < -0.39 is 15.9 Å². The number of fused-ring (bicyclic) bond motifs is 1. The molecule has 146 valence electrons. The van der Waals surface area contributed by atoms with E-state index in [-0.39, 0.29) is 11.5 Å². The van der Waals surface area contributed by atoms with E-state index in [0.29, 0.717) is 35.7 Å². The number of sulfonamides is 1. The van der Waals surface area contributed by atoms with Crippen LogP contribution in [0, 0.1) is 6.92 Å². The summed E-state index contributed by atoms with van der Waals surface area (Å²) >= 11 is 0. The number of para-hydroxylation sites is 1. The molecule has 1 saturated heterocycles. The third-order valence-corrected chi connectivity index (χ3v) is 6.68. The zero-order valence-corrected chi connectivity index (χ0v) is 16.4. The molecule has 0 atom stereocenters. The fourth-order valence-corrected chi connectivity index (χ4v) is 4.88. The summed E-state index contributed by atoms with van der Waals surface area (Å²) in [6.07, 6.45) is 0.596. The van der Waals surface area contributed by atoms with E-state index in [1.54, 1.807) is 30.3 Å². The molecule has 0 unspecified atom stereocenters. The van der Waals surface area contributed by atoms with E-state index in [4.69, 9.17) is 9.15 Å². The monoisotopic (exact) mass is 400 g/mol. The van der Waals surface area contributed by atoms with Gasteiger partial charge in [0.2, 0.25) is 10.0 Å². The molecule has 8 heteroatoms. The van der Waals surface area contributed by atoms with Crippen molar-refractivity contribution in [2.24, 2.45) is 0 Å². The highest BCUT2D eigenvalue weighted by Crippen LogP contribution is 2.31. The quantitative estimate of drug-likeness (QED) is 0.724. The molecule has 1 aromatic heterocycles. The van der Waals surface area contributed by atoms with Crippen molar-refractivity contribution in [1.29, 1.82) is 0 Å². The first-order valence-corrected chi connectivity index (χ1v) is 10.5. The van der Waals surface area contributed by atoms with E-state index in [2.05, 4.69) is 5.32 Å². The van der Waals surface area contributed by atoms with Crippen molar-refractivity contribution in [2.75, 3.05) is 29.0 Å². The number of furan rings is 1. The van der Waals surface area contributed by atoms with Crippen LogP contribution in [0.4, 0.5) is 11.4 Å². The Morgan fingerprint density at radius 3 is 2.75 bits per heavy atom. The maximum absolute atomic E-state index is 12.7. The third-order valence-electron chi connectivity index (χ3n) is 4.81. The second-order valence-corrected chi connectivity index (χ2v) is 8.70. The van der Waals surface area contributed by atoms with E-state index in [0.717, 1.165) is 10.9 Å². The van der Waals surface area contributed by atoms with Gasteiger partial charge < -0.3 is 14.5 Å². The van der Waals surface area contributed by atoms with Crippen LogP contribution >= 0.6 is 0 Å². The number of nitrogens with zero attached hydrogens (tertiary/aromatic N) is 1. The van der Waals surface area contributed by atoms with Gasteiger partial charge in [0.1, 0.15) is 0 Å². The van der Waals surface area contributed by atoms with Gasteiger partial charge in [-0.1, -0.05) is 18.2 Å². The Labute approximate surface area is 162 Å². The number of amides is 1. The van der Waals surface area contributed by atoms with Gasteiger partial charge in [-0.25, -0.2) is 8.42 Å². The highest BCUT2D eigenvalue weighted by molar-refractivity contribution is 7.93. The molecular formula is C20H20N2O5S. The minimum Gasteiger partial charge on any atom is -0.493 e. The molecule has 1 fully saturated rings. The molecule has 28 heavy (non-hydrogen) atoms. The van der Waals surface area contributed by atoms with Crippen LogP contribution in [0.3, 0.4) is 0 Å². The number of methoxy groups -OCH3 is 1. The summed E-state index contributed by atoms with van der Waals surface area (Å²) < 4.78 is 36.7. The van der Waals surface area contributed by atoms with Gasteiger partial charge in [-0.15, -0.1) is 0 Å². The molecule has 1 amide bonds. The SMILES string of the molecule is COc1cccc2cc(C(=O)Nc3cc(N4CCCS4(=O)=O)ccc3C)oc12. The normalized spacial score (nSPS) is 15.7. The molecule has 0 aliphatic carbocycles. The lowest BCUT2D eigenvalue weighted by Gasteiger charge is -2.18. The van der Waals surface area contributed by atoms with Crippen LogP contribution in [-0.4, -0.2) is 33.7 Å². The minimum absolute atomic E-state index is 0.142. The van der Waals surface area contributed by atoms with Crippen LogP contribution in [0.2, 0.25) is 0 Å². The lowest BCUT2D eigenvalue weighted by Crippen LogP contribution is -2.25. The summed E-state index contributed by atoms with van der Waals surface area (Å²) in [7, 11) is -1.75. The van der Waals surface area contributed by atoms with Crippen LogP contribution in [0.15, 0.2) is 46.9 Å². The molecule has 1 aliphatic rings. The van der Waals surface area contributed by atoms with Gasteiger partial charge in [0.15, 0.2) is 17.1 Å². The maximum Gasteiger partial charge on any atom is 0.291 e. The maximum atomic E-state index is 12.7. The van der Waals surface area contributed by atoms with Crippen LogP contribution < -0.4 is 14.4 Å².